The minimum Gasteiger partial charge on any atom is -0.392 e. The second-order valence-electron chi connectivity index (χ2n) is 4.23. The lowest BCUT2D eigenvalue weighted by molar-refractivity contribution is 0.159. The fourth-order valence-corrected chi connectivity index (χ4v) is 2.51. The maximum atomic E-state index is 9.38. The summed E-state index contributed by atoms with van der Waals surface area (Å²) in [4.78, 5) is 2.35. The van der Waals surface area contributed by atoms with Crippen LogP contribution < -0.4 is 0 Å². The summed E-state index contributed by atoms with van der Waals surface area (Å²) in [6.45, 7) is 1.84. The maximum Gasteiger partial charge on any atom is 0.0679 e. The van der Waals surface area contributed by atoms with Crippen molar-refractivity contribution in [1.82, 2.24) is 4.90 Å². The molecule has 1 N–H and O–H groups in total. The van der Waals surface area contributed by atoms with E-state index in [4.69, 9.17) is 5.26 Å². The van der Waals surface area contributed by atoms with E-state index in [1.165, 1.54) is 0 Å². The van der Waals surface area contributed by atoms with Crippen molar-refractivity contribution in [3.63, 3.8) is 0 Å². The Labute approximate surface area is 79.0 Å². The number of aliphatic hydroxyl groups excluding tert-OH is 1. The number of nitriles is 1. The first kappa shape index (κ1) is 8.98. The second-order valence-corrected chi connectivity index (χ2v) is 4.23. The van der Waals surface area contributed by atoms with Gasteiger partial charge in [0.1, 0.15) is 0 Å². The van der Waals surface area contributed by atoms with E-state index in [0.717, 1.165) is 38.8 Å². The molecule has 0 aromatic rings. The molecule has 0 spiro atoms. The number of hydrogen-bond acceptors (Lipinski definition) is 3. The Morgan fingerprint density at radius 1 is 1.31 bits per heavy atom. The number of hydrogen-bond donors (Lipinski definition) is 1. The van der Waals surface area contributed by atoms with Crippen LogP contribution in [0.1, 0.15) is 25.7 Å². The molecule has 13 heavy (non-hydrogen) atoms. The number of aliphatic hydroxyl groups is 1. The molecule has 3 heteroatoms. The van der Waals surface area contributed by atoms with Gasteiger partial charge in [-0.25, -0.2) is 0 Å². The highest BCUT2D eigenvalue weighted by molar-refractivity contribution is 4.95. The SMILES string of the molecule is N#CC1CCC(N2CC[C@H](O)C2)C1. The van der Waals surface area contributed by atoms with Gasteiger partial charge in [-0.1, -0.05) is 0 Å². The molecule has 1 saturated carbocycles. The highest BCUT2D eigenvalue weighted by Gasteiger charge is 2.32. The van der Waals surface area contributed by atoms with Crippen molar-refractivity contribution in [1.29, 1.82) is 5.26 Å². The van der Waals surface area contributed by atoms with Crippen LogP contribution >= 0.6 is 0 Å². The van der Waals surface area contributed by atoms with Crippen LogP contribution in [-0.4, -0.2) is 35.2 Å². The van der Waals surface area contributed by atoms with Crippen molar-refractivity contribution >= 4 is 0 Å². The fourth-order valence-electron chi connectivity index (χ4n) is 2.51. The average Bonchev–Trinajstić information content (AvgIpc) is 2.71. The third-order valence-corrected chi connectivity index (χ3v) is 3.30. The first-order chi connectivity index (χ1) is 6.29. The fraction of sp³-hybridized carbons (Fsp3) is 0.900. The number of likely N-dealkylation sites (tertiary alicyclic amines) is 1. The first-order valence-electron chi connectivity index (χ1n) is 5.11. The van der Waals surface area contributed by atoms with E-state index in [2.05, 4.69) is 11.0 Å². The minimum atomic E-state index is -0.124. The molecule has 0 bridgehead atoms. The van der Waals surface area contributed by atoms with Gasteiger partial charge in [0.25, 0.3) is 0 Å². The quantitative estimate of drug-likeness (QED) is 0.647. The summed E-state index contributed by atoms with van der Waals surface area (Å²) in [7, 11) is 0. The van der Waals surface area contributed by atoms with Crippen LogP contribution in [0, 0.1) is 17.2 Å². The summed E-state index contributed by atoms with van der Waals surface area (Å²) in [5, 5.41) is 18.1. The second kappa shape index (κ2) is 3.65. The van der Waals surface area contributed by atoms with Gasteiger partial charge in [-0.3, -0.25) is 4.90 Å². The van der Waals surface area contributed by atoms with E-state index in [1.807, 2.05) is 0 Å². The highest BCUT2D eigenvalue weighted by Crippen LogP contribution is 2.30. The normalized spacial score (nSPS) is 40.8. The molecule has 1 aliphatic carbocycles. The molecule has 1 saturated heterocycles. The third-order valence-electron chi connectivity index (χ3n) is 3.30. The van der Waals surface area contributed by atoms with Gasteiger partial charge in [0.05, 0.1) is 12.2 Å². The molecule has 3 atom stereocenters. The Balaban J connectivity index is 1.86. The van der Waals surface area contributed by atoms with Gasteiger partial charge in [0, 0.05) is 25.0 Å². The zero-order valence-corrected chi connectivity index (χ0v) is 7.82. The Morgan fingerprint density at radius 3 is 2.69 bits per heavy atom. The van der Waals surface area contributed by atoms with Crippen LogP contribution in [0.3, 0.4) is 0 Å². The van der Waals surface area contributed by atoms with Crippen LogP contribution in [0.25, 0.3) is 0 Å². The molecule has 2 aliphatic rings. The molecule has 3 nitrogen and oxygen atoms in total. The van der Waals surface area contributed by atoms with Crippen molar-refractivity contribution in [3.8, 4) is 6.07 Å². The number of rotatable bonds is 1. The van der Waals surface area contributed by atoms with E-state index in [9.17, 15) is 5.11 Å². The Kier molecular flexibility index (Phi) is 2.52. The lowest BCUT2D eigenvalue weighted by Gasteiger charge is -2.22. The van der Waals surface area contributed by atoms with Crippen molar-refractivity contribution in [3.05, 3.63) is 0 Å². The zero-order valence-electron chi connectivity index (χ0n) is 7.82. The molecule has 0 aromatic carbocycles. The third kappa shape index (κ3) is 1.84. The smallest absolute Gasteiger partial charge is 0.0679 e. The van der Waals surface area contributed by atoms with Gasteiger partial charge in [-0.2, -0.15) is 5.26 Å². The van der Waals surface area contributed by atoms with E-state index >= 15 is 0 Å². The van der Waals surface area contributed by atoms with Crippen molar-refractivity contribution < 1.29 is 5.11 Å². The van der Waals surface area contributed by atoms with Crippen LogP contribution in [0.2, 0.25) is 0 Å². The number of nitrogens with zero attached hydrogens (tertiary/aromatic N) is 2. The van der Waals surface area contributed by atoms with Crippen molar-refractivity contribution in [2.45, 2.75) is 37.8 Å². The lowest BCUT2D eigenvalue weighted by atomic mass is 10.1. The van der Waals surface area contributed by atoms with Gasteiger partial charge in [-0.05, 0) is 25.7 Å². The van der Waals surface area contributed by atoms with Gasteiger partial charge < -0.3 is 5.11 Å². The standard InChI is InChI=1S/C10H16N2O/c11-6-8-1-2-9(5-8)12-4-3-10(13)7-12/h8-10,13H,1-5,7H2/t8?,9?,10-/m0/s1. The van der Waals surface area contributed by atoms with Crippen LogP contribution in [0.5, 0.6) is 0 Å². The zero-order chi connectivity index (χ0) is 9.26. The summed E-state index contributed by atoms with van der Waals surface area (Å²) in [5.41, 5.74) is 0. The lowest BCUT2D eigenvalue weighted by Crippen LogP contribution is -2.32. The van der Waals surface area contributed by atoms with E-state index in [1.54, 1.807) is 0 Å². The predicted molar refractivity (Wildman–Crippen MR) is 48.9 cm³/mol. The summed E-state index contributed by atoms with van der Waals surface area (Å²) in [5.74, 6) is 0.266. The summed E-state index contributed by atoms with van der Waals surface area (Å²) in [6.07, 6.45) is 4.00. The van der Waals surface area contributed by atoms with Gasteiger partial charge in [-0.15, -0.1) is 0 Å². The van der Waals surface area contributed by atoms with Crippen LogP contribution in [-0.2, 0) is 0 Å². The molecule has 72 valence electrons. The average molecular weight is 180 g/mol. The molecule has 2 fully saturated rings. The van der Waals surface area contributed by atoms with Crippen LogP contribution in [0.15, 0.2) is 0 Å². The molecular weight excluding hydrogens is 164 g/mol. The van der Waals surface area contributed by atoms with E-state index in [0.29, 0.717) is 6.04 Å². The Bertz CT molecular complexity index is 223. The van der Waals surface area contributed by atoms with Crippen molar-refractivity contribution in [2.24, 2.45) is 5.92 Å². The number of β-amino-alcohol motifs (C(OH)–C–C–N with tert-alkyl or cyclic N) is 1. The van der Waals surface area contributed by atoms with Gasteiger partial charge in [0.15, 0.2) is 0 Å². The van der Waals surface area contributed by atoms with Gasteiger partial charge in [0.2, 0.25) is 0 Å². The molecule has 1 aliphatic heterocycles. The summed E-state index contributed by atoms with van der Waals surface area (Å²) < 4.78 is 0. The van der Waals surface area contributed by atoms with E-state index < -0.39 is 0 Å². The largest absolute Gasteiger partial charge is 0.392 e. The Morgan fingerprint density at radius 2 is 2.15 bits per heavy atom. The molecule has 2 unspecified atom stereocenters. The molecule has 0 aromatic heterocycles. The highest BCUT2D eigenvalue weighted by atomic mass is 16.3. The minimum absolute atomic E-state index is 0.124. The molecular formula is C10H16N2O. The monoisotopic (exact) mass is 180 g/mol. The Hall–Kier alpha value is -0.590. The summed E-state index contributed by atoms with van der Waals surface area (Å²) >= 11 is 0. The van der Waals surface area contributed by atoms with E-state index in [-0.39, 0.29) is 12.0 Å². The van der Waals surface area contributed by atoms with Crippen LogP contribution in [0.4, 0.5) is 0 Å². The van der Waals surface area contributed by atoms with Gasteiger partial charge >= 0.3 is 0 Å². The topological polar surface area (TPSA) is 47.3 Å². The molecule has 0 radical (unpaired) electrons. The molecule has 0 amide bonds. The molecule has 1 heterocycles. The maximum absolute atomic E-state index is 9.38. The summed E-state index contributed by atoms with van der Waals surface area (Å²) in [6, 6.07) is 2.91. The molecule has 2 rings (SSSR count). The predicted octanol–water partition coefficient (Wildman–Crippen LogP) is 0.745. The van der Waals surface area contributed by atoms with Crippen molar-refractivity contribution in [2.75, 3.05) is 13.1 Å². The first-order valence-corrected chi connectivity index (χ1v) is 5.11.